The molecule has 0 saturated carbocycles. The number of benzene rings is 1. The van der Waals surface area contributed by atoms with Crippen molar-refractivity contribution in [1.29, 1.82) is 0 Å². The number of allylic oxidation sites excluding steroid dienone is 1. The molecule has 0 aliphatic carbocycles. The Morgan fingerprint density at radius 1 is 1.00 bits per heavy atom. The first kappa shape index (κ1) is 15.1. The zero-order valence-electron chi connectivity index (χ0n) is 13.6. The molecule has 2 aliphatic heterocycles. The van der Waals surface area contributed by atoms with Crippen molar-refractivity contribution < 1.29 is 0 Å². The van der Waals surface area contributed by atoms with Gasteiger partial charge in [0.15, 0.2) is 0 Å². The van der Waals surface area contributed by atoms with E-state index in [0.717, 1.165) is 40.6 Å². The number of fused-ring (bicyclic) bond motifs is 2. The topological polar surface area (TPSA) is 49.6 Å². The highest BCUT2D eigenvalue weighted by molar-refractivity contribution is 6.31. The first-order chi connectivity index (χ1) is 11.7. The third-order valence-electron chi connectivity index (χ3n) is 4.41. The van der Waals surface area contributed by atoms with Crippen LogP contribution in [0.3, 0.4) is 0 Å². The lowest BCUT2D eigenvalue weighted by Gasteiger charge is -2.13. The van der Waals surface area contributed by atoms with E-state index < -0.39 is 0 Å². The number of aliphatic imine (C=N–C) groups is 2. The van der Waals surface area contributed by atoms with Gasteiger partial charge in [-0.2, -0.15) is 0 Å². The van der Waals surface area contributed by atoms with Crippen LogP contribution in [-0.4, -0.2) is 36.5 Å². The SMILES string of the molecule is CNc1ccc2c(n1)C(c1ccc(Cl)cc1)=NCC1=C2C(C)=NC1. The van der Waals surface area contributed by atoms with E-state index >= 15 is 0 Å². The predicted molar refractivity (Wildman–Crippen MR) is 101 cm³/mol. The van der Waals surface area contributed by atoms with Gasteiger partial charge in [0.05, 0.1) is 24.5 Å². The first-order valence-corrected chi connectivity index (χ1v) is 8.28. The lowest BCUT2D eigenvalue weighted by atomic mass is 9.94. The van der Waals surface area contributed by atoms with Gasteiger partial charge >= 0.3 is 0 Å². The molecule has 0 bridgehead atoms. The van der Waals surface area contributed by atoms with Gasteiger partial charge in [0, 0.05) is 34.5 Å². The lowest BCUT2D eigenvalue weighted by molar-refractivity contribution is 1.07. The number of rotatable bonds is 2. The van der Waals surface area contributed by atoms with Gasteiger partial charge in [-0.25, -0.2) is 4.98 Å². The van der Waals surface area contributed by atoms with Gasteiger partial charge in [-0.05, 0) is 36.8 Å². The van der Waals surface area contributed by atoms with Crippen LogP contribution in [0.5, 0.6) is 0 Å². The van der Waals surface area contributed by atoms with Crippen molar-refractivity contribution in [3.63, 3.8) is 0 Å². The van der Waals surface area contributed by atoms with E-state index in [4.69, 9.17) is 21.6 Å². The molecule has 0 atom stereocenters. The smallest absolute Gasteiger partial charge is 0.126 e. The molecule has 2 aliphatic rings. The average Bonchev–Trinajstić information content (AvgIpc) is 2.88. The molecular weight excluding hydrogens is 320 g/mol. The van der Waals surface area contributed by atoms with E-state index in [1.807, 2.05) is 37.4 Å². The van der Waals surface area contributed by atoms with Crippen molar-refractivity contribution >= 4 is 34.4 Å². The van der Waals surface area contributed by atoms with Gasteiger partial charge in [0.2, 0.25) is 0 Å². The van der Waals surface area contributed by atoms with Crippen LogP contribution in [0.4, 0.5) is 5.82 Å². The predicted octanol–water partition coefficient (Wildman–Crippen LogP) is 3.86. The Hall–Kier alpha value is -2.46. The maximum absolute atomic E-state index is 6.04. The molecule has 0 spiro atoms. The zero-order valence-corrected chi connectivity index (χ0v) is 14.4. The van der Waals surface area contributed by atoms with Crippen molar-refractivity contribution in [3.05, 3.63) is 63.8 Å². The normalized spacial score (nSPS) is 16.1. The van der Waals surface area contributed by atoms with Crippen LogP contribution in [-0.2, 0) is 0 Å². The summed E-state index contributed by atoms with van der Waals surface area (Å²) < 4.78 is 0. The minimum atomic E-state index is 0.652. The van der Waals surface area contributed by atoms with E-state index in [1.165, 1.54) is 11.1 Å². The number of nitrogens with zero attached hydrogens (tertiary/aromatic N) is 3. The Bertz CT molecular complexity index is 907. The number of hydrogen-bond donors (Lipinski definition) is 1. The fourth-order valence-corrected chi connectivity index (χ4v) is 3.33. The summed E-state index contributed by atoms with van der Waals surface area (Å²) >= 11 is 6.04. The molecule has 0 saturated heterocycles. The molecule has 2 aromatic rings. The van der Waals surface area contributed by atoms with Crippen LogP contribution in [0, 0.1) is 0 Å². The quantitative estimate of drug-likeness (QED) is 0.905. The number of halogens is 1. The molecule has 3 heterocycles. The van der Waals surface area contributed by atoms with Crippen LogP contribution < -0.4 is 5.32 Å². The van der Waals surface area contributed by atoms with Crippen LogP contribution >= 0.6 is 11.6 Å². The molecule has 0 amide bonds. The summed E-state index contributed by atoms with van der Waals surface area (Å²) in [6.45, 7) is 3.44. The molecule has 0 radical (unpaired) electrons. The van der Waals surface area contributed by atoms with Crippen molar-refractivity contribution in [2.24, 2.45) is 9.98 Å². The maximum atomic E-state index is 6.04. The molecule has 0 unspecified atom stereocenters. The number of nitrogens with one attached hydrogen (secondary N) is 1. The number of anilines is 1. The fraction of sp³-hybridized carbons (Fsp3) is 0.211. The zero-order chi connectivity index (χ0) is 16.7. The third kappa shape index (κ3) is 2.43. The van der Waals surface area contributed by atoms with Crippen molar-refractivity contribution in [2.45, 2.75) is 6.92 Å². The highest BCUT2D eigenvalue weighted by Crippen LogP contribution is 2.32. The van der Waals surface area contributed by atoms with Crippen LogP contribution in [0.1, 0.15) is 23.7 Å². The number of hydrogen-bond acceptors (Lipinski definition) is 4. The average molecular weight is 337 g/mol. The second-order valence-corrected chi connectivity index (χ2v) is 6.33. The standard InChI is InChI=1S/C19H17ClN4/c1-11-17-13(9-22-11)10-23-18(12-3-5-14(20)6-4-12)19-15(17)7-8-16(21-2)24-19/h3-8H,9-10H2,1-2H3,(H,21,24). The monoisotopic (exact) mass is 336 g/mol. The molecular formula is C19H17ClN4. The minimum absolute atomic E-state index is 0.652. The highest BCUT2D eigenvalue weighted by Gasteiger charge is 2.26. The van der Waals surface area contributed by atoms with Crippen molar-refractivity contribution in [1.82, 2.24) is 4.98 Å². The minimum Gasteiger partial charge on any atom is -0.373 e. The van der Waals surface area contributed by atoms with E-state index in [9.17, 15) is 0 Å². The molecule has 120 valence electrons. The van der Waals surface area contributed by atoms with Gasteiger partial charge in [0.25, 0.3) is 0 Å². The van der Waals surface area contributed by atoms with Gasteiger partial charge in [-0.3, -0.25) is 9.98 Å². The second kappa shape index (κ2) is 5.87. The molecule has 1 aromatic heterocycles. The lowest BCUT2D eigenvalue weighted by Crippen LogP contribution is -2.11. The molecule has 1 aromatic carbocycles. The van der Waals surface area contributed by atoms with Crippen LogP contribution in [0.2, 0.25) is 5.02 Å². The van der Waals surface area contributed by atoms with E-state index in [1.54, 1.807) is 0 Å². The van der Waals surface area contributed by atoms with Crippen LogP contribution in [0.15, 0.2) is 52.0 Å². The Labute approximate surface area is 146 Å². The summed E-state index contributed by atoms with van der Waals surface area (Å²) in [5.74, 6) is 0.826. The Morgan fingerprint density at radius 3 is 2.50 bits per heavy atom. The molecule has 5 heteroatoms. The third-order valence-corrected chi connectivity index (χ3v) is 4.67. The summed E-state index contributed by atoms with van der Waals surface area (Å²) in [4.78, 5) is 14.3. The summed E-state index contributed by atoms with van der Waals surface area (Å²) in [6, 6.07) is 11.9. The molecule has 4 nitrogen and oxygen atoms in total. The van der Waals surface area contributed by atoms with Gasteiger partial charge < -0.3 is 5.32 Å². The van der Waals surface area contributed by atoms with Gasteiger partial charge in [-0.15, -0.1) is 0 Å². The molecule has 1 N–H and O–H groups in total. The Morgan fingerprint density at radius 2 is 1.75 bits per heavy atom. The molecule has 4 rings (SSSR count). The van der Waals surface area contributed by atoms with Crippen LogP contribution in [0.25, 0.3) is 5.57 Å². The fourth-order valence-electron chi connectivity index (χ4n) is 3.21. The van der Waals surface area contributed by atoms with Crippen molar-refractivity contribution in [2.75, 3.05) is 25.5 Å². The largest absolute Gasteiger partial charge is 0.373 e. The highest BCUT2D eigenvalue weighted by atomic mass is 35.5. The van der Waals surface area contributed by atoms with E-state index in [0.29, 0.717) is 11.6 Å². The number of pyridine rings is 1. The van der Waals surface area contributed by atoms with Gasteiger partial charge in [0.1, 0.15) is 5.82 Å². The summed E-state index contributed by atoms with van der Waals surface area (Å²) in [5, 5.41) is 3.83. The molecule has 0 fully saturated rings. The van der Waals surface area contributed by atoms with Crippen molar-refractivity contribution in [3.8, 4) is 0 Å². The summed E-state index contributed by atoms with van der Waals surface area (Å²) in [7, 11) is 1.87. The van der Waals surface area contributed by atoms with Gasteiger partial charge in [-0.1, -0.05) is 23.7 Å². The number of aromatic nitrogens is 1. The van der Waals surface area contributed by atoms with E-state index in [2.05, 4.69) is 23.3 Å². The Balaban J connectivity index is 1.93. The molecule has 24 heavy (non-hydrogen) atoms. The first-order valence-electron chi connectivity index (χ1n) is 7.91. The van der Waals surface area contributed by atoms with E-state index in [-0.39, 0.29) is 0 Å². The Kier molecular flexibility index (Phi) is 3.69. The summed E-state index contributed by atoms with van der Waals surface area (Å²) in [6.07, 6.45) is 0. The summed E-state index contributed by atoms with van der Waals surface area (Å²) in [5.41, 5.74) is 7.46. The maximum Gasteiger partial charge on any atom is 0.126 e. The second-order valence-electron chi connectivity index (χ2n) is 5.89.